The minimum Gasteiger partial charge on any atom is -0.290 e. The molecule has 1 aliphatic carbocycles. The van der Waals surface area contributed by atoms with Crippen LogP contribution in [-0.4, -0.2) is 25.5 Å². The lowest BCUT2D eigenvalue weighted by Gasteiger charge is -2.21. The van der Waals surface area contributed by atoms with Crippen LogP contribution in [0.2, 0.25) is 0 Å². The number of ketones is 1. The summed E-state index contributed by atoms with van der Waals surface area (Å²) in [6.07, 6.45) is 11.9. The molecule has 0 amide bonds. The molecule has 1 aliphatic rings. The SMILES string of the molecule is Cc1cnc(C(=O)Cc2ccn(C3CCCCC3)n2)nc1. The number of hydrogen-bond acceptors (Lipinski definition) is 4. The zero-order valence-corrected chi connectivity index (χ0v) is 12.3. The largest absolute Gasteiger partial charge is 0.290 e. The van der Waals surface area contributed by atoms with Crippen LogP contribution < -0.4 is 0 Å². The molecular formula is C16H20N4O. The van der Waals surface area contributed by atoms with Crippen molar-refractivity contribution in [1.29, 1.82) is 0 Å². The third kappa shape index (κ3) is 3.35. The van der Waals surface area contributed by atoms with E-state index in [1.165, 1.54) is 32.1 Å². The number of Topliss-reactive ketones (excluding diaryl/α,β-unsaturated/α-hetero) is 1. The molecule has 0 bridgehead atoms. The van der Waals surface area contributed by atoms with Gasteiger partial charge in [-0.15, -0.1) is 0 Å². The van der Waals surface area contributed by atoms with Gasteiger partial charge in [0, 0.05) is 18.6 Å². The molecule has 0 N–H and O–H groups in total. The van der Waals surface area contributed by atoms with Crippen molar-refractivity contribution in [2.45, 2.75) is 51.5 Å². The second kappa shape index (κ2) is 6.16. The molecule has 2 heterocycles. The second-order valence-corrected chi connectivity index (χ2v) is 5.76. The summed E-state index contributed by atoms with van der Waals surface area (Å²) in [5, 5.41) is 4.56. The Morgan fingerprint density at radius 1 is 1.24 bits per heavy atom. The van der Waals surface area contributed by atoms with Crippen LogP contribution in [0, 0.1) is 6.92 Å². The Bertz CT molecular complexity index is 611. The van der Waals surface area contributed by atoms with E-state index in [4.69, 9.17) is 0 Å². The third-order valence-corrected chi connectivity index (χ3v) is 3.98. The van der Waals surface area contributed by atoms with Crippen molar-refractivity contribution in [3.05, 3.63) is 41.7 Å². The van der Waals surface area contributed by atoms with E-state index in [2.05, 4.69) is 15.1 Å². The van der Waals surface area contributed by atoms with E-state index in [1.807, 2.05) is 23.9 Å². The Morgan fingerprint density at radius 2 is 1.95 bits per heavy atom. The fourth-order valence-corrected chi connectivity index (χ4v) is 2.80. The monoisotopic (exact) mass is 284 g/mol. The topological polar surface area (TPSA) is 60.7 Å². The van der Waals surface area contributed by atoms with E-state index in [0.717, 1.165) is 11.3 Å². The molecule has 0 unspecified atom stereocenters. The molecule has 0 aliphatic heterocycles. The van der Waals surface area contributed by atoms with Gasteiger partial charge in [-0.1, -0.05) is 19.3 Å². The summed E-state index contributed by atoms with van der Waals surface area (Å²) < 4.78 is 2.03. The highest BCUT2D eigenvalue weighted by atomic mass is 16.1. The number of carbonyl (C=O) groups excluding carboxylic acids is 1. The summed E-state index contributed by atoms with van der Waals surface area (Å²) in [6.45, 7) is 1.90. The van der Waals surface area contributed by atoms with Gasteiger partial charge in [0.2, 0.25) is 5.78 Å². The Morgan fingerprint density at radius 3 is 2.67 bits per heavy atom. The van der Waals surface area contributed by atoms with Crippen molar-refractivity contribution in [1.82, 2.24) is 19.7 Å². The number of aromatic nitrogens is 4. The fourth-order valence-electron chi connectivity index (χ4n) is 2.80. The van der Waals surface area contributed by atoms with Gasteiger partial charge in [-0.3, -0.25) is 9.48 Å². The summed E-state index contributed by atoms with van der Waals surface area (Å²) in [5.74, 6) is 0.191. The number of rotatable bonds is 4. The minimum atomic E-state index is -0.0797. The molecule has 2 aromatic rings. The summed E-state index contributed by atoms with van der Waals surface area (Å²) in [7, 11) is 0. The predicted octanol–water partition coefficient (Wildman–Crippen LogP) is 2.91. The standard InChI is InChI=1S/C16H20N4O/c1-12-10-17-16(18-11-12)15(21)9-13-7-8-20(19-13)14-5-3-2-4-6-14/h7-8,10-11,14H,2-6,9H2,1H3. The molecular weight excluding hydrogens is 264 g/mol. The number of hydrogen-bond donors (Lipinski definition) is 0. The third-order valence-electron chi connectivity index (χ3n) is 3.98. The average molecular weight is 284 g/mol. The highest BCUT2D eigenvalue weighted by Crippen LogP contribution is 2.27. The summed E-state index contributed by atoms with van der Waals surface area (Å²) in [6, 6.07) is 2.43. The smallest absolute Gasteiger partial charge is 0.206 e. The Labute approximate surface area is 124 Å². The van der Waals surface area contributed by atoms with Crippen LogP contribution >= 0.6 is 0 Å². The lowest BCUT2D eigenvalue weighted by Crippen LogP contribution is -2.14. The van der Waals surface area contributed by atoms with Crippen LogP contribution in [0.3, 0.4) is 0 Å². The highest BCUT2D eigenvalue weighted by Gasteiger charge is 2.17. The molecule has 0 saturated heterocycles. The predicted molar refractivity (Wildman–Crippen MR) is 79.2 cm³/mol. The number of aryl methyl sites for hydroxylation is 1. The van der Waals surface area contributed by atoms with Gasteiger partial charge in [-0.2, -0.15) is 5.10 Å². The van der Waals surface area contributed by atoms with Crippen molar-refractivity contribution in [2.75, 3.05) is 0 Å². The minimum absolute atomic E-state index is 0.0797. The second-order valence-electron chi connectivity index (χ2n) is 5.76. The molecule has 1 fully saturated rings. The lowest BCUT2D eigenvalue weighted by molar-refractivity contribution is 0.0981. The normalized spacial score (nSPS) is 16.0. The van der Waals surface area contributed by atoms with Crippen molar-refractivity contribution >= 4 is 5.78 Å². The Balaban J connectivity index is 1.66. The van der Waals surface area contributed by atoms with Gasteiger partial charge in [-0.05, 0) is 31.4 Å². The molecule has 110 valence electrons. The van der Waals surface area contributed by atoms with Gasteiger partial charge in [0.1, 0.15) is 0 Å². The maximum atomic E-state index is 12.1. The maximum absolute atomic E-state index is 12.1. The van der Waals surface area contributed by atoms with Gasteiger partial charge in [0.15, 0.2) is 5.82 Å². The summed E-state index contributed by atoms with van der Waals surface area (Å²) in [5.41, 5.74) is 1.75. The highest BCUT2D eigenvalue weighted by molar-refractivity contribution is 5.93. The van der Waals surface area contributed by atoms with E-state index in [0.29, 0.717) is 6.04 Å². The first-order chi connectivity index (χ1) is 10.2. The van der Waals surface area contributed by atoms with Crippen LogP contribution in [0.5, 0.6) is 0 Å². The van der Waals surface area contributed by atoms with Crippen molar-refractivity contribution in [3.63, 3.8) is 0 Å². The average Bonchev–Trinajstić information content (AvgIpc) is 2.97. The van der Waals surface area contributed by atoms with E-state index in [9.17, 15) is 4.79 Å². The van der Waals surface area contributed by atoms with Crippen molar-refractivity contribution < 1.29 is 4.79 Å². The van der Waals surface area contributed by atoms with Crippen LogP contribution in [0.1, 0.15) is 60.0 Å². The maximum Gasteiger partial charge on any atom is 0.206 e. The van der Waals surface area contributed by atoms with Crippen LogP contribution in [0.4, 0.5) is 0 Å². The van der Waals surface area contributed by atoms with Crippen LogP contribution in [0.15, 0.2) is 24.7 Å². The number of carbonyl (C=O) groups is 1. The first kappa shape index (κ1) is 13.9. The summed E-state index contributed by atoms with van der Waals surface area (Å²) in [4.78, 5) is 20.3. The zero-order valence-electron chi connectivity index (χ0n) is 12.3. The van der Waals surface area contributed by atoms with Gasteiger partial charge in [0.05, 0.1) is 18.2 Å². The van der Waals surface area contributed by atoms with Crippen molar-refractivity contribution in [3.8, 4) is 0 Å². The van der Waals surface area contributed by atoms with Crippen LogP contribution in [0.25, 0.3) is 0 Å². The molecule has 0 radical (unpaired) electrons. The summed E-state index contributed by atoms with van der Waals surface area (Å²) >= 11 is 0. The van der Waals surface area contributed by atoms with Gasteiger partial charge < -0.3 is 0 Å². The molecule has 1 saturated carbocycles. The van der Waals surface area contributed by atoms with E-state index in [-0.39, 0.29) is 18.0 Å². The fraction of sp³-hybridized carbons (Fsp3) is 0.500. The number of nitrogens with zero attached hydrogens (tertiary/aromatic N) is 4. The molecule has 3 rings (SSSR count). The van der Waals surface area contributed by atoms with Gasteiger partial charge in [0.25, 0.3) is 0 Å². The molecule has 0 atom stereocenters. The van der Waals surface area contributed by atoms with Gasteiger partial charge >= 0.3 is 0 Å². The molecule has 0 spiro atoms. The first-order valence-corrected chi connectivity index (χ1v) is 7.58. The van der Waals surface area contributed by atoms with E-state index >= 15 is 0 Å². The Kier molecular flexibility index (Phi) is 4.08. The molecule has 5 nitrogen and oxygen atoms in total. The Hall–Kier alpha value is -2.04. The lowest BCUT2D eigenvalue weighted by atomic mass is 9.96. The zero-order chi connectivity index (χ0) is 14.7. The molecule has 5 heteroatoms. The molecule has 0 aromatic carbocycles. The van der Waals surface area contributed by atoms with Crippen LogP contribution in [-0.2, 0) is 6.42 Å². The quantitative estimate of drug-likeness (QED) is 0.810. The molecule has 21 heavy (non-hydrogen) atoms. The van der Waals surface area contributed by atoms with Crippen molar-refractivity contribution in [2.24, 2.45) is 0 Å². The van der Waals surface area contributed by atoms with E-state index in [1.54, 1.807) is 12.4 Å². The molecule has 2 aromatic heterocycles. The first-order valence-electron chi connectivity index (χ1n) is 7.58. The van der Waals surface area contributed by atoms with E-state index < -0.39 is 0 Å². The van der Waals surface area contributed by atoms with Gasteiger partial charge in [-0.25, -0.2) is 9.97 Å².